The van der Waals surface area contributed by atoms with Gasteiger partial charge in [-0.15, -0.1) is 0 Å². The van der Waals surface area contributed by atoms with Gasteiger partial charge in [0.1, 0.15) is 5.65 Å². The molecule has 0 bridgehead atoms. The highest BCUT2D eigenvalue weighted by molar-refractivity contribution is 6.23. The van der Waals surface area contributed by atoms with Crippen molar-refractivity contribution >= 4 is 48.9 Å². The number of benzene rings is 5. The molecule has 0 amide bonds. The Hall–Kier alpha value is -4.17. The Morgan fingerprint density at radius 3 is 1.95 bits per heavy atom. The Bertz CT molecular complexity index is 1960. The topological polar surface area (TPSA) is 17.3 Å². The van der Waals surface area contributed by atoms with Crippen LogP contribution >= 0.6 is 0 Å². The van der Waals surface area contributed by atoms with Crippen molar-refractivity contribution in [2.24, 2.45) is 0 Å². The van der Waals surface area contributed by atoms with E-state index < -0.39 is 0 Å². The highest BCUT2D eigenvalue weighted by Crippen LogP contribution is 2.40. The molecule has 0 N–H and O–H groups in total. The first-order chi connectivity index (χ1) is 18.0. The Labute approximate surface area is 217 Å². The second kappa shape index (κ2) is 8.18. The van der Waals surface area contributed by atoms with Crippen LogP contribution in [0.4, 0.5) is 0 Å². The summed E-state index contributed by atoms with van der Waals surface area (Å²) >= 11 is 0. The van der Waals surface area contributed by atoms with E-state index in [2.05, 4.69) is 129 Å². The number of aromatic nitrogens is 2. The lowest BCUT2D eigenvalue weighted by Crippen LogP contribution is -1.99. The zero-order valence-electron chi connectivity index (χ0n) is 21.8. The van der Waals surface area contributed by atoms with Gasteiger partial charge in [-0.25, -0.2) is 4.98 Å². The van der Waals surface area contributed by atoms with E-state index >= 15 is 0 Å². The number of pyridine rings is 1. The quantitative estimate of drug-likeness (QED) is 0.182. The van der Waals surface area contributed by atoms with Crippen LogP contribution in [-0.4, -0.2) is 9.38 Å². The monoisotopic (exact) mass is 478 g/mol. The van der Waals surface area contributed by atoms with E-state index in [-0.39, 0.29) is 0 Å². The highest BCUT2D eigenvalue weighted by atomic mass is 15.0. The highest BCUT2D eigenvalue weighted by Gasteiger charge is 2.20. The first kappa shape index (κ1) is 22.1. The van der Waals surface area contributed by atoms with E-state index in [1.807, 2.05) is 0 Å². The van der Waals surface area contributed by atoms with Crippen LogP contribution < -0.4 is 0 Å². The summed E-state index contributed by atoms with van der Waals surface area (Å²) in [4.78, 5) is 5.34. The molecule has 2 heteroatoms. The Morgan fingerprint density at radius 1 is 0.595 bits per heavy atom. The molecule has 0 radical (unpaired) electrons. The molecule has 180 valence electrons. The minimum absolute atomic E-state index is 0.421. The lowest BCUT2D eigenvalue weighted by Gasteiger charge is -2.18. The molecular weight excluding hydrogens is 448 g/mol. The van der Waals surface area contributed by atoms with Crippen LogP contribution in [0.1, 0.15) is 50.7 Å². The molecule has 2 nitrogen and oxygen atoms in total. The predicted molar refractivity (Wildman–Crippen MR) is 159 cm³/mol. The van der Waals surface area contributed by atoms with Crippen LogP contribution in [0.15, 0.2) is 97.2 Å². The normalized spacial score (nSPS) is 12.3. The number of hydrogen-bond acceptors (Lipinski definition) is 1. The van der Waals surface area contributed by atoms with E-state index in [1.165, 1.54) is 59.9 Å². The lowest BCUT2D eigenvalue weighted by molar-refractivity contribution is 0.837. The molecule has 0 aliphatic rings. The maximum absolute atomic E-state index is 5.34. The van der Waals surface area contributed by atoms with Gasteiger partial charge in [-0.2, -0.15) is 0 Å². The fraction of sp³-hybridized carbons (Fsp3) is 0.171. The molecular formula is C35H30N2. The zero-order valence-corrected chi connectivity index (χ0v) is 21.8. The van der Waals surface area contributed by atoms with E-state index in [0.717, 1.165) is 11.3 Å². The summed E-state index contributed by atoms with van der Waals surface area (Å²) in [5.74, 6) is 0.841. The average Bonchev–Trinajstić information content (AvgIpc) is 3.36. The van der Waals surface area contributed by atoms with Crippen molar-refractivity contribution in [1.82, 2.24) is 9.38 Å². The number of hydrogen-bond donors (Lipinski definition) is 0. The van der Waals surface area contributed by atoms with Crippen LogP contribution in [0, 0.1) is 0 Å². The van der Waals surface area contributed by atoms with Crippen LogP contribution in [0.2, 0.25) is 0 Å². The fourth-order valence-electron chi connectivity index (χ4n) is 6.10. The number of imidazole rings is 1. The third kappa shape index (κ3) is 3.29. The molecule has 0 saturated heterocycles. The maximum Gasteiger partial charge on any atom is 0.145 e. The standard InChI is InChI=1S/C35H30N2/c1-21(2)26-14-9-15-27(22(3)4)33(26)31-20-37-32-17-16-25-18-23-10-5-6-11-24(23)19-30(25)34(32)28-12-7-8-13-29(28)35(37)36-31/h5-22H,1-4H3. The summed E-state index contributed by atoms with van der Waals surface area (Å²) in [7, 11) is 0. The van der Waals surface area contributed by atoms with Gasteiger partial charge in [0, 0.05) is 22.5 Å². The zero-order chi connectivity index (χ0) is 25.3. The van der Waals surface area contributed by atoms with Crippen molar-refractivity contribution in [3.8, 4) is 11.3 Å². The van der Waals surface area contributed by atoms with E-state index in [0.29, 0.717) is 11.8 Å². The second-order valence-electron chi connectivity index (χ2n) is 10.9. The van der Waals surface area contributed by atoms with E-state index in [4.69, 9.17) is 4.98 Å². The summed E-state index contributed by atoms with van der Waals surface area (Å²) in [5, 5.41) is 8.83. The molecule has 5 aromatic carbocycles. The first-order valence-corrected chi connectivity index (χ1v) is 13.3. The number of fused-ring (bicyclic) bond motifs is 9. The van der Waals surface area contributed by atoms with Crippen LogP contribution in [0.3, 0.4) is 0 Å². The molecule has 0 atom stereocenters. The van der Waals surface area contributed by atoms with Crippen LogP contribution in [0.25, 0.3) is 60.1 Å². The third-order valence-electron chi connectivity index (χ3n) is 7.90. The summed E-state index contributed by atoms with van der Waals surface area (Å²) in [6, 6.07) is 33.3. The number of nitrogens with zero attached hydrogens (tertiary/aromatic N) is 2. The van der Waals surface area contributed by atoms with Gasteiger partial charge in [0.25, 0.3) is 0 Å². The predicted octanol–water partition coefficient (Wildman–Crippen LogP) is 9.86. The minimum Gasteiger partial charge on any atom is -0.298 e. The Kier molecular flexibility index (Phi) is 4.87. The smallest absolute Gasteiger partial charge is 0.145 e. The van der Waals surface area contributed by atoms with Crippen LogP contribution in [0.5, 0.6) is 0 Å². The first-order valence-electron chi connectivity index (χ1n) is 13.3. The molecule has 0 saturated carbocycles. The molecule has 37 heavy (non-hydrogen) atoms. The van der Waals surface area contributed by atoms with Crippen molar-refractivity contribution < 1.29 is 0 Å². The van der Waals surface area contributed by atoms with Crippen molar-refractivity contribution in [1.29, 1.82) is 0 Å². The SMILES string of the molecule is CC(C)c1cccc(C(C)C)c1-c1cn2c3ccc4cc5ccccc5cc4c3c3ccccc3c2n1. The van der Waals surface area contributed by atoms with Crippen molar-refractivity contribution in [2.45, 2.75) is 39.5 Å². The molecule has 0 fully saturated rings. The van der Waals surface area contributed by atoms with E-state index in [9.17, 15) is 0 Å². The van der Waals surface area contributed by atoms with Gasteiger partial charge in [0.15, 0.2) is 0 Å². The van der Waals surface area contributed by atoms with Gasteiger partial charge >= 0.3 is 0 Å². The summed E-state index contributed by atoms with van der Waals surface area (Å²) in [6.45, 7) is 9.11. The molecule has 2 heterocycles. The Morgan fingerprint density at radius 2 is 1.24 bits per heavy atom. The molecule has 0 spiro atoms. The van der Waals surface area contributed by atoms with Crippen molar-refractivity contribution in [2.75, 3.05) is 0 Å². The molecule has 0 aliphatic carbocycles. The van der Waals surface area contributed by atoms with Crippen molar-refractivity contribution in [3.05, 3.63) is 108 Å². The number of rotatable bonds is 3. The molecule has 0 unspecified atom stereocenters. The largest absolute Gasteiger partial charge is 0.298 e. The third-order valence-corrected chi connectivity index (χ3v) is 7.90. The fourth-order valence-corrected chi connectivity index (χ4v) is 6.10. The van der Waals surface area contributed by atoms with Crippen LogP contribution in [-0.2, 0) is 0 Å². The van der Waals surface area contributed by atoms with Gasteiger partial charge in [0.05, 0.1) is 11.2 Å². The molecule has 2 aromatic heterocycles. The van der Waals surface area contributed by atoms with Gasteiger partial charge in [-0.1, -0.05) is 100 Å². The Balaban J connectivity index is 1.65. The molecule has 7 rings (SSSR count). The van der Waals surface area contributed by atoms with Gasteiger partial charge in [-0.05, 0) is 68.1 Å². The second-order valence-corrected chi connectivity index (χ2v) is 10.9. The van der Waals surface area contributed by atoms with Gasteiger partial charge < -0.3 is 0 Å². The minimum atomic E-state index is 0.421. The van der Waals surface area contributed by atoms with E-state index in [1.54, 1.807) is 0 Å². The maximum atomic E-state index is 5.34. The van der Waals surface area contributed by atoms with Gasteiger partial charge in [0.2, 0.25) is 0 Å². The lowest BCUT2D eigenvalue weighted by atomic mass is 9.87. The summed E-state index contributed by atoms with van der Waals surface area (Å²) in [6.07, 6.45) is 2.27. The molecule has 0 aliphatic heterocycles. The average molecular weight is 479 g/mol. The molecule has 7 aromatic rings. The van der Waals surface area contributed by atoms with Crippen molar-refractivity contribution in [3.63, 3.8) is 0 Å². The summed E-state index contributed by atoms with van der Waals surface area (Å²) < 4.78 is 2.32. The van der Waals surface area contributed by atoms with Gasteiger partial charge in [-0.3, -0.25) is 4.40 Å². The summed E-state index contributed by atoms with van der Waals surface area (Å²) in [5.41, 5.74) is 7.29.